The second-order valence-electron chi connectivity index (χ2n) is 6.62. The summed E-state index contributed by atoms with van der Waals surface area (Å²) in [5.74, 6) is 0.680. The van der Waals surface area contributed by atoms with Gasteiger partial charge >= 0.3 is 0 Å². The van der Waals surface area contributed by atoms with E-state index in [0.717, 1.165) is 12.8 Å². The van der Waals surface area contributed by atoms with Crippen molar-refractivity contribution in [3.8, 4) is 5.75 Å². The van der Waals surface area contributed by atoms with Crippen molar-refractivity contribution in [2.24, 2.45) is 0 Å². The molecule has 1 saturated carbocycles. The maximum Gasteiger partial charge on any atom is 0.260 e. The molecule has 2 aliphatic rings. The molecule has 0 bridgehead atoms. The van der Waals surface area contributed by atoms with E-state index in [2.05, 4.69) is 10.2 Å². The van der Waals surface area contributed by atoms with Gasteiger partial charge in [-0.15, -0.1) is 0 Å². The number of hydrogen-bond donors (Lipinski definition) is 1. The van der Waals surface area contributed by atoms with Gasteiger partial charge in [0.15, 0.2) is 6.61 Å². The van der Waals surface area contributed by atoms with Crippen molar-refractivity contribution < 1.29 is 14.3 Å². The molecule has 2 amide bonds. The number of amides is 2. The molecule has 2 fully saturated rings. The molecule has 1 N–H and O–H groups in total. The minimum Gasteiger partial charge on any atom is -0.484 e. The van der Waals surface area contributed by atoms with Crippen molar-refractivity contribution in [3.63, 3.8) is 0 Å². The molecule has 1 saturated heterocycles. The lowest BCUT2D eigenvalue weighted by atomic mass is 10.2. The summed E-state index contributed by atoms with van der Waals surface area (Å²) in [6.07, 6.45) is 2.18. The molecule has 0 aromatic heterocycles. The second kappa shape index (κ2) is 8.06. The average molecular weight is 366 g/mol. The van der Waals surface area contributed by atoms with Gasteiger partial charge in [0.1, 0.15) is 5.75 Å². The van der Waals surface area contributed by atoms with Crippen LogP contribution in [0.15, 0.2) is 24.3 Å². The van der Waals surface area contributed by atoms with Crippen LogP contribution < -0.4 is 10.1 Å². The van der Waals surface area contributed by atoms with Gasteiger partial charge < -0.3 is 15.0 Å². The van der Waals surface area contributed by atoms with Crippen LogP contribution in [-0.4, -0.2) is 66.5 Å². The van der Waals surface area contributed by atoms with E-state index in [1.54, 1.807) is 29.2 Å². The fraction of sp³-hybridized carbons (Fsp3) is 0.556. The summed E-state index contributed by atoms with van der Waals surface area (Å²) in [6, 6.07) is 7.18. The first kappa shape index (κ1) is 18.0. The van der Waals surface area contributed by atoms with E-state index >= 15 is 0 Å². The van der Waals surface area contributed by atoms with Gasteiger partial charge in [0.05, 0.1) is 6.04 Å². The van der Waals surface area contributed by atoms with Gasteiger partial charge in [-0.25, -0.2) is 0 Å². The first-order chi connectivity index (χ1) is 12.0. The molecule has 1 aliphatic carbocycles. The van der Waals surface area contributed by atoms with E-state index in [9.17, 15) is 9.59 Å². The van der Waals surface area contributed by atoms with Gasteiger partial charge in [-0.05, 0) is 44.0 Å². The number of ether oxygens (including phenoxy) is 1. The maximum absolute atomic E-state index is 12.3. The largest absolute Gasteiger partial charge is 0.484 e. The molecule has 1 aromatic rings. The molecule has 1 atom stereocenters. The van der Waals surface area contributed by atoms with Crippen LogP contribution in [0.5, 0.6) is 5.75 Å². The minimum absolute atomic E-state index is 0.0132. The number of hydrogen-bond acceptors (Lipinski definition) is 4. The standard InChI is InChI=1S/C18H24ClN3O3/c1-13(18(24)20-15-4-5-15)21-8-10-22(11-9-21)17(23)12-25-16-6-2-14(19)3-7-16/h2-3,6-7,13,15H,4-5,8-12H2,1H3,(H,20,24). The predicted molar refractivity (Wildman–Crippen MR) is 95.7 cm³/mol. The zero-order valence-corrected chi connectivity index (χ0v) is 15.2. The van der Waals surface area contributed by atoms with E-state index in [1.165, 1.54) is 0 Å². The van der Waals surface area contributed by atoms with E-state index in [4.69, 9.17) is 16.3 Å². The summed E-state index contributed by atoms with van der Waals surface area (Å²) in [5.41, 5.74) is 0. The Morgan fingerprint density at radius 3 is 2.44 bits per heavy atom. The Bertz CT molecular complexity index is 610. The number of rotatable bonds is 6. The third kappa shape index (κ3) is 5.09. The molecule has 3 rings (SSSR count). The first-order valence-electron chi connectivity index (χ1n) is 8.73. The normalized spacial score (nSPS) is 19.4. The Hall–Kier alpha value is -1.79. The van der Waals surface area contributed by atoms with Crippen LogP contribution in [0.4, 0.5) is 0 Å². The summed E-state index contributed by atoms with van der Waals surface area (Å²) in [7, 11) is 0. The first-order valence-corrected chi connectivity index (χ1v) is 9.11. The van der Waals surface area contributed by atoms with Crippen LogP contribution in [0, 0.1) is 0 Å². The molecule has 1 heterocycles. The van der Waals surface area contributed by atoms with E-state index in [1.807, 2.05) is 6.92 Å². The lowest BCUT2D eigenvalue weighted by Crippen LogP contribution is -2.55. The van der Waals surface area contributed by atoms with E-state index < -0.39 is 0 Å². The zero-order chi connectivity index (χ0) is 17.8. The van der Waals surface area contributed by atoms with E-state index in [-0.39, 0.29) is 24.5 Å². The molecule has 6 nitrogen and oxygen atoms in total. The highest BCUT2D eigenvalue weighted by atomic mass is 35.5. The Balaban J connectivity index is 1.40. The Morgan fingerprint density at radius 1 is 1.20 bits per heavy atom. The molecule has 0 radical (unpaired) electrons. The highest BCUT2D eigenvalue weighted by molar-refractivity contribution is 6.30. The van der Waals surface area contributed by atoms with Gasteiger partial charge in [0, 0.05) is 37.2 Å². The monoisotopic (exact) mass is 365 g/mol. The molecule has 1 aromatic carbocycles. The van der Waals surface area contributed by atoms with Crippen molar-refractivity contribution in [1.29, 1.82) is 0 Å². The van der Waals surface area contributed by atoms with Crippen molar-refractivity contribution in [2.45, 2.75) is 31.8 Å². The molecule has 136 valence electrons. The highest BCUT2D eigenvalue weighted by Crippen LogP contribution is 2.19. The average Bonchev–Trinajstić information content (AvgIpc) is 3.44. The Kier molecular flexibility index (Phi) is 5.81. The number of piperazine rings is 1. The summed E-state index contributed by atoms with van der Waals surface area (Å²) < 4.78 is 5.51. The van der Waals surface area contributed by atoms with Gasteiger partial charge in [0.25, 0.3) is 5.91 Å². The van der Waals surface area contributed by atoms with Crippen molar-refractivity contribution in [1.82, 2.24) is 15.1 Å². The maximum atomic E-state index is 12.3. The molecular weight excluding hydrogens is 342 g/mol. The molecule has 25 heavy (non-hydrogen) atoms. The fourth-order valence-electron chi connectivity index (χ4n) is 2.84. The summed E-state index contributed by atoms with van der Waals surface area (Å²) in [4.78, 5) is 28.3. The highest BCUT2D eigenvalue weighted by Gasteiger charge is 2.30. The van der Waals surface area contributed by atoms with Crippen LogP contribution in [0.3, 0.4) is 0 Å². The third-order valence-corrected chi connectivity index (χ3v) is 4.95. The molecule has 0 spiro atoms. The van der Waals surface area contributed by atoms with Crippen LogP contribution in [-0.2, 0) is 9.59 Å². The SMILES string of the molecule is CC(C(=O)NC1CC1)N1CCN(C(=O)COc2ccc(Cl)cc2)CC1. The van der Waals surface area contributed by atoms with Crippen molar-refractivity contribution in [3.05, 3.63) is 29.3 Å². The topological polar surface area (TPSA) is 61.9 Å². The van der Waals surface area contributed by atoms with Gasteiger partial charge in [0.2, 0.25) is 5.91 Å². The number of nitrogens with one attached hydrogen (secondary N) is 1. The van der Waals surface area contributed by atoms with Gasteiger partial charge in [-0.2, -0.15) is 0 Å². The van der Waals surface area contributed by atoms with Crippen LogP contribution >= 0.6 is 11.6 Å². The fourth-order valence-corrected chi connectivity index (χ4v) is 2.97. The van der Waals surface area contributed by atoms with Crippen molar-refractivity contribution >= 4 is 23.4 Å². The summed E-state index contributed by atoms with van der Waals surface area (Å²) >= 11 is 5.82. The minimum atomic E-state index is -0.150. The van der Waals surface area contributed by atoms with E-state index in [0.29, 0.717) is 43.0 Å². The van der Waals surface area contributed by atoms with Crippen molar-refractivity contribution in [2.75, 3.05) is 32.8 Å². The number of carbonyl (C=O) groups is 2. The number of benzene rings is 1. The number of carbonyl (C=O) groups excluding carboxylic acids is 2. The number of halogens is 1. The second-order valence-corrected chi connectivity index (χ2v) is 7.05. The van der Waals surface area contributed by atoms with Crippen LogP contribution in [0.1, 0.15) is 19.8 Å². The third-order valence-electron chi connectivity index (χ3n) is 4.69. The van der Waals surface area contributed by atoms with Gasteiger partial charge in [-0.1, -0.05) is 11.6 Å². The zero-order valence-electron chi connectivity index (χ0n) is 14.4. The smallest absolute Gasteiger partial charge is 0.260 e. The van der Waals surface area contributed by atoms with Gasteiger partial charge in [-0.3, -0.25) is 14.5 Å². The molecular formula is C18H24ClN3O3. The molecule has 1 aliphatic heterocycles. The number of nitrogens with zero attached hydrogens (tertiary/aromatic N) is 2. The lowest BCUT2D eigenvalue weighted by Gasteiger charge is -2.37. The summed E-state index contributed by atoms with van der Waals surface area (Å²) in [5, 5.41) is 3.67. The predicted octanol–water partition coefficient (Wildman–Crippen LogP) is 1.53. The quantitative estimate of drug-likeness (QED) is 0.830. The Morgan fingerprint density at radius 2 is 1.84 bits per heavy atom. The molecule has 7 heteroatoms. The summed E-state index contributed by atoms with van der Waals surface area (Å²) in [6.45, 7) is 4.57. The van der Waals surface area contributed by atoms with Crippen LogP contribution in [0.25, 0.3) is 0 Å². The Labute approximate surface area is 153 Å². The lowest BCUT2D eigenvalue weighted by molar-refractivity contribution is -0.136. The molecule has 1 unspecified atom stereocenters. The van der Waals surface area contributed by atoms with Crippen LogP contribution in [0.2, 0.25) is 5.02 Å².